The molecule has 0 N–H and O–H groups in total. The van der Waals surface area contributed by atoms with E-state index < -0.39 is 0 Å². The van der Waals surface area contributed by atoms with Crippen LogP contribution in [0.1, 0.15) is 22.8 Å². The van der Waals surface area contributed by atoms with E-state index >= 15 is 0 Å². The number of benzene rings is 2. The van der Waals surface area contributed by atoms with Gasteiger partial charge >= 0.3 is 0 Å². The van der Waals surface area contributed by atoms with Crippen LogP contribution in [0.5, 0.6) is 11.5 Å². The fourth-order valence-electron chi connectivity index (χ4n) is 3.01. The highest BCUT2D eigenvalue weighted by Crippen LogP contribution is 2.27. The van der Waals surface area contributed by atoms with Gasteiger partial charge in [0.25, 0.3) is 0 Å². The molecule has 2 aromatic carbocycles. The van der Waals surface area contributed by atoms with Gasteiger partial charge in [0.15, 0.2) is 17.8 Å². The summed E-state index contributed by atoms with van der Waals surface area (Å²) in [6.45, 7) is 3.29. The number of ether oxygens (including phenoxy) is 2. The molecular formula is C20H21NO3. The molecule has 4 nitrogen and oxygen atoms in total. The lowest BCUT2D eigenvalue weighted by molar-refractivity contribution is 0.112. The summed E-state index contributed by atoms with van der Waals surface area (Å²) in [6.07, 6.45) is 3.74. The number of hydrogen-bond acceptors (Lipinski definition) is 3. The van der Waals surface area contributed by atoms with Crippen LogP contribution in [0.4, 0.5) is 0 Å². The molecule has 24 heavy (non-hydrogen) atoms. The molecule has 0 atom stereocenters. The van der Waals surface area contributed by atoms with Crippen LogP contribution in [0, 0.1) is 0 Å². The van der Waals surface area contributed by atoms with E-state index in [9.17, 15) is 4.79 Å². The number of fused-ring (bicyclic) bond motifs is 1. The highest BCUT2D eigenvalue weighted by atomic mass is 16.5. The number of carbonyl (C=O) groups is 1. The normalized spacial score (nSPS) is 10.8. The minimum absolute atomic E-state index is 0.500. The average molecular weight is 323 g/mol. The first-order valence-corrected chi connectivity index (χ1v) is 8.10. The molecule has 0 bridgehead atoms. The van der Waals surface area contributed by atoms with Crippen molar-refractivity contribution in [2.24, 2.45) is 0 Å². The van der Waals surface area contributed by atoms with Crippen LogP contribution in [0.3, 0.4) is 0 Å². The topological polar surface area (TPSA) is 40.5 Å². The Hall–Kier alpha value is -2.75. The van der Waals surface area contributed by atoms with Crippen LogP contribution >= 0.6 is 0 Å². The van der Waals surface area contributed by atoms with E-state index in [1.165, 1.54) is 5.56 Å². The quantitative estimate of drug-likeness (QED) is 0.615. The molecule has 1 heterocycles. The third kappa shape index (κ3) is 3.00. The monoisotopic (exact) mass is 323 g/mol. The Labute approximate surface area is 141 Å². The summed E-state index contributed by atoms with van der Waals surface area (Å²) in [5, 5.41) is 1.00. The molecule has 0 aliphatic heterocycles. The number of hydrogen-bond donors (Lipinski definition) is 0. The predicted octanol–water partition coefficient (Wildman–Crippen LogP) is 4.10. The Morgan fingerprint density at radius 3 is 2.58 bits per heavy atom. The third-order valence-electron chi connectivity index (χ3n) is 4.18. The molecule has 1 aromatic heterocycles. The van der Waals surface area contributed by atoms with Crippen molar-refractivity contribution in [1.82, 2.24) is 4.57 Å². The maximum Gasteiger partial charge on any atom is 0.161 e. The maximum atomic E-state index is 11.4. The van der Waals surface area contributed by atoms with Gasteiger partial charge in [0, 0.05) is 17.1 Å². The molecular weight excluding hydrogens is 302 g/mol. The van der Waals surface area contributed by atoms with Gasteiger partial charge in [-0.25, -0.2) is 0 Å². The highest BCUT2D eigenvalue weighted by molar-refractivity contribution is 5.98. The van der Waals surface area contributed by atoms with Crippen LogP contribution in [0.2, 0.25) is 0 Å². The summed E-state index contributed by atoms with van der Waals surface area (Å²) in [4.78, 5) is 11.4. The molecule has 3 aromatic rings. The minimum Gasteiger partial charge on any atom is -0.493 e. The molecule has 0 aliphatic carbocycles. The molecule has 3 rings (SSSR count). The molecule has 4 heteroatoms. The zero-order valence-electron chi connectivity index (χ0n) is 14.0. The van der Waals surface area contributed by atoms with Crippen molar-refractivity contribution in [3.8, 4) is 11.5 Å². The number of para-hydroxylation sites is 3. The summed E-state index contributed by atoms with van der Waals surface area (Å²) < 4.78 is 13.3. The molecule has 0 saturated heterocycles. The standard InChI is InChI=1S/C20H21NO3/c1-3-15-7-6-8-17-16(14-22)13-21(20(15)17)11-12-24-19-10-5-4-9-18(19)23-2/h4-10,13-14H,3,11-12H2,1-2H3. The average Bonchev–Trinajstić information content (AvgIpc) is 3.00. The Balaban J connectivity index is 1.84. The van der Waals surface area contributed by atoms with Gasteiger partial charge in [-0.1, -0.05) is 37.3 Å². The van der Waals surface area contributed by atoms with Crippen LogP contribution in [0.25, 0.3) is 10.9 Å². The van der Waals surface area contributed by atoms with E-state index in [0.29, 0.717) is 13.2 Å². The molecule has 0 amide bonds. The first-order chi connectivity index (χ1) is 11.8. The van der Waals surface area contributed by atoms with Gasteiger partial charge < -0.3 is 14.0 Å². The van der Waals surface area contributed by atoms with E-state index in [1.54, 1.807) is 7.11 Å². The lowest BCUT2D eigenvalue weighted by Crippen LogP contribution is -2.08. The summed E-state index contributed by atoms with van der Waals surface area (Å²) in [5.74, 6) is 1.44. The Morgan fingerprint density at radius 2 is 1.88 bits per heavy atom. The number of methoxy groups -OCH3 is 1. The molecule has 0 spiro atoms. The second kappa shape index (κ2) is 7.21. The summed E-state index contributed by atoms with van der Waals surface area (Å²) in [7, 11) is 1.63. The van der Waals surface area contributed by atoms with E-state index in [-0.39, 0.29) is 0 Å². The van der Waals surface area contributed by atoms with Crippen molar-refractivity contribution in [2.75, 3.05) is 13.7 Å². The van der Waals surface area contributed by atoms with Crippen molar-refractivity contribution >= 4 is 17.2 Å². The molecule has 0 saturated carbocycles. The van der Waals surface area contributed by atoms with Crippen molar-refractivity contribution in [1.29, 1.82) is 0 Å². The van der Waals surface area contributed by atoms with Crippen LogP contribution in [0.15, 0.2) is 48.7 Å². The van der Waals surface area contributed by atoms with Crippen LogP contribution < -0.4 is 9.47 Å². The van der Waals surface area contributed by atoms with Crippen LogP contribution in [-0.4, -0.2) is 24.6 Å². The van der Waals surface area contributed by atoms with Crippen molar-refractivity contribution < 1.29 is 14.3 Å². The first kappa shape index (κ1) is 16.1. The van der Waals surface area contributed by atoms with Gasteiger partial charge in [0.1, 0.15) is 6.61 Å². The molecule has 0 unspecified atom stereocenters. The number of rotatable bonds is 7. The van der Waals surface area contributed by atoms with Gasteiger partial charge in [-0.2, -0.15) is 0 Å². The van der Waals surface area contributed by atoms with E-state index in [2.05, 4.69) is 17.6 Å². The Bertz CT molecular complexity index is 851. The van der Waals surface area contributed by atoms with Gasteiger partial charge in [-0.3, -0.25) is 4.79 Å². The number of nitrogens with zero attached hydrogens (tertiary/aromatic N) is 1. The second-order valence-electron chi connectivity index (χ2n) is 5.56. The third-order valence-corrected chi connectivity index (χ3v) is 4.18. The van der Waals surface area contributed by atoms with Crippen molar-refractivity contribution in [3.63, 3.8) is 0 Å². The zero-order chi connectivity index (χ0) is 16.9. The van der Waals surface area contributed by atoms with Gasteiger partial charge in [-0.05, 0) is 24.1 Å². The van der Waals surface area contributed by atoms with Gasteiger partial charge in [0.2, 0.25) is 0 Å². The van der Waals surface area contributed by atoms with E-state index in [0.717, 1.165) is 40.7 Å². The highest BCUT2D eigenvalue weighted by Gasteiger charge is 2.11. The smallest absolute Gasteiger partial charge is 0.161 e. The predicted molar refractivity (Wildman–Crippen MR) is 95.2 cm³/mol. The fourth-order valence-corrected chi connectivity index (χ4v) is 3.01. The molecule has 0 fully saturated rings. The molecule has 124 valence electrons. The number of carbonyl (C=O) groups excluding carboxylic acids is 1. The van der Waals surface area contributed by atoms with Crippen molar-refractivity contribution in [2.45, 2.75) is 19.9 Å². The molecule has 0 aliphatic rings. The number of aryl methyl sites for hydroxylation is 1. The largest absolute Gasteiger partial charge is 0.493 e. The maximum absolute atomic E-state index is 11.4. The van der Waals surface area contributed by atoms with E-state index in [4.69, 9.17) is 9.47 Å². The number of aromatic nitrogens is 1. The Morgan fingerprint density at radius 1 is 1.08 bits per heavy atom. The van der Waals surface area contributed by atoms with E-state index in [1.807, 2.05) is 42.6 Å². The Kier molecular flexibility index (Phi) is 4.85. The minimum atomic E-state index is 0.500. The van der Waals surface area contributed by atoms with Gasteiger partial charge in [0.05, 0.1) is 19.2 Å². The number of aldehydes is 1. The first-order valence-electron chi connectivity index (χ1n) is 8.10. The van der Waals surface area contributed by atoms with Crippen molar-refractivity contribution in [3.05, 3.63) is 59.8 Å². The SMILES string of the molecule is CCc1cccc2c(C=O)cn(CCOc3ccccc3OC)c12. The lowest BCUT2D eigenvalue weighted by atomic mass is 10.1. The van der Waals surface area contributed by atoms with Gasteiger partial charge in [-0.15, -0.1) is 0 Å². The summed E-state index contributed by atoms with van der Waals surface area (Å²) in [5.41, 5.74) is 3.07. The summed E-state index contributed by atoms with van der Waals surface area (Å²) in [6, 6.07) is 13.7. The second-order valence-corrected chi connectivity index (χ2v) is 5.56. The van der Waals surface area contributed by atoms with Crippen LogP contribution in [-0.2, 0) is 13.0 Å². The zero-order valence-corrected chi connectivity index (χ0v) is 14.0. The lowest BCUT2D eigenvalue weighted by Gasteiger charge is -2.12. The fraction of sp³-hybridized carbons (Fsp3) is 0.250. The molecule has 0 radical (unpaired) electrons. The summed E-state index contributed by atoms with van der Waals surface area (Å²) >= 11 is 0.